The van der Waals surface area contributed by atoms with Crippen LogP contribution in [0.2, 0.25) is 0 Å². The number of nitrogens with one attached hydrogen (secondary N) is 1. The number of hydrogen-bond acceptors (Lipinski definition) is 3. The van der Waals surface area contributed by atoms with Crippen LogP contribution in [-0.2, 0) is 14.8 Å². The molecule has 1 atom stereocenters. The number of halogens is 1. The first-order valence-electron chi connectivity index (χ1n) is 10.3. The number of sulfonamides is 1. The van der Waals surface area contributed by atoms with Crippen molar-refractivity contribution in [2.24, 2.45) is 0 Å². The molecule has 0 aromatic heterocycles. The number of carbonyl (C=O) groups excluding carboxylic acids is 1. The zero-order valence-electron chi connectivity index (χ0n) is 18.6. The summed E-state index contributed by atoms with van der Waals surface area (Å²) >= 11 is 0. The van der Waals surface area contributed by atoms with Gasteiger partial charge < -0.3 is 5.32 Å². The fourth-order valence-electron chi connectivity index (χ4n) is 3.59. The number of anilines is 1. The van der Waals surface area contributed by atoms with E-state index in [-0.39, 0.29) is 16.6 Å². The van der Waals surface area contributed by atoms with Crippen LogP contribution in [0.5, 0.6) is 0 Å². The van der Waals surface area contributed by atoms with Gasteiger partial charge >= 0.3 is 0 Å². The first-order valence-corrected chi connectivity index (χ1v) is 11.7. The van der Waals surface area contributed by atoms with E-state index in [1.54, 1.807) is 18.2 Å². The fourth-order valence-corrected chi connectivity index (χ4v) is 5.03. The van der Waals surface area contributed by atoms with Crippen LogP contribution in [0.15, 0.2) is 71.6 Å². The van der Waals surface area contributed by atoms with Gasteiger partial charge in [0, 0.05) is 0 Å². The lowest BCUT2D eigenvalue weighted by Crippen LogP contribution is -2.41. The van der Waals surface area contributed by atoms with Crippen molar-refractivity contribution in [2.75, 3.05) is 10.8 Å². The smallest absolute Gasteiger partial charge is 0.264 e. The van der Waals surface area contributed by atoms with E-state index in [1.807, 2.05) is 33.8 Å². The van der Waals surface area contributed by atoms with Crippen molar-refractivity contribution in [1.82, 2.24) is 5.32 Å². The predicted molar refractivity (Wildman–Crippen MR) is 125 cm³/mol. The fraction of sp³-hybridized carbons (Fsp3) is 0.240. The standard InChI is InChI=1S/C25H27FN2O3S/c1-17-14-19(3)24(15-18(17)2)20(4)27-25(29)16-28(22-12-10-21(26)11-13-22)32(30,31)23-8-6-5-7-9-23/h5-15,20H,16H2,1-4H3,(H,27,29)/t20-/m1/s1. The van der Waals surface area contributed by atoms with Gasteiger partial charge in [-0.2, -0.15) is 0 Å². The lowest BCUT2D eigenvalue weighted by atomic mass is 9.96. The van der Waals surface area contributed by atoms with E-state index >= 15 is 0 Å². The van der Waals surface area contributed by atoms with Gasteiger partial charge in [0.05, 0.1) is 16.6 Å². The number of amides is 1. The van der Waals surface area contributed by atoms with Crippen molar-refractivity contribution >= 4 is 21.6 Å². The Morgan fingerprint density at radius 3 is 2.16 bits per heavy atom. The molecule has 0 radical (unpaired) electrons. The molecule has 0 bridgehead atoms. The van der Waals surface area contributed by atoms with Crippen molar-refractivity contribution in [1.29, 1.82) is 0 Å². The molecule has 168 valence electrons. The molecule has 32 heavy (non-hydrogen) atoms. The Kier molecular flexibility index (Phi) is 6.99. The molecule has 0 saturated heterocycles. The lowest BCUT2D eigenvalue weighted by Gasteiger charge is -2.25. The highest BCUT2D eigenvalue weighted by molar-refractivity contribution is 7.92. The zero-order valence-corrected chi connectivity index (χ0v) is 19.4. The Labute approximate surface area is 188 Å². The van der Waals surface area contributed by atoms with E-state index in [9.17, 15) is 17.6 Å². The average Bonchev–Trinajstić information content (AvgIpc) is 2.75. The summed E-state index contributed by atoms with van der Waals surface area (Å²) in [6.45, 7) is 7.45. The topological polar surface area (TPSA) is 66.5 Å². The second-order valence-electron chi connectivity index (χ2n) is 7.88. The van der Waals surface area contributed by atoms with E-state index in [1.165, 1.54) is 42.0 Å². The van der Waals surface area contributed by atoms with E-state index in [4.69, 9.17) is 0 Å². The number of carbonyl (C=O) groups is 1. The third kappa shape index (κ3) is 5.16. The molecule has 0 unspecified atom stereocenters. The molecule has 1 amide bonds. The highest BCUT2D eigenvalue weighted by atomic mass is 32.2. The van der Waals surface area contributed by atoms with Crippen LogP contribution in [0.4, 0.5) is 10.1 Å². The van der Waals surface area contributed by atoms with Gasteiger partial charge in [0.1, 0.15) is 12.4 Å². The summed E-state index contributed by atoms with van der Waals surface area (Å²) in [5, 5.41) is 2.90. The van der Waals surface area contributed by atoms with E-state index in [0.29, 0.717) is 0 Å². The van der Waals surface area contributed by atoms with Gasteiger partial charge in [-0.1, -0.05) is 30.3 Å². The van der Waals surface area contributed by atoms with Crippen molar-refractivity contribution in [2.45, 2.75) is 38.6 Å². The molecule has 3 aromatic rings. The molecule has 0 aliphatic carbocycles. The molecule has 0 spiro atoms. The number of benzene rings is 3. The Morgan fingerprint density at radius 2 is 1.53 bits per heavy atom. The summed E-state index contributed by atoms with van der Waals surface area (Å²) < 4.78 is 41.0. The van der Waals surface area contributed by atoms with Gasteiger partial charge in [-0.3, -0.25) is 9.10 Å². The molecule has 0 aliphatic heterocycles. The van der Waals surface area contributed by atoms with Crippen LogP contribution in [-0.4, -0.2) is 20.9 Å². The molecule has 3 aromatic carbocycles. The summed E-state index contributed by atoms with van der Waals surface area (Å²) in [4.78, 5) is 13.0. The van der Waals surface area contributed by atoms with Gasteiger partial charge in [-0.05, 0) is 86.3 Å². The minimum Gasteiger partial charge on any atom is -0.348 e. The quantitative estimate of drug-likeness (QED) is 0.556. The molecular weight excluding hydrogens is 427 g/mol. The Hall–Kier alpha value is -3.19. The van der Waals surface area contributed by atoms with Crippen LogP contribution >= 0.6 is 0 Å². The third-order valence-corrected chi connectivity index (χ3v) is 7.25. The van der Waals surface area contributed by atoms with Crippen LogP contribution in [0.25, 0.3) is 0 Å². The summed E-state index contributed by atoms with van der Waals surface area (Å²) in [6, 6.07) is 16.7. The molecular formula is C25H27FN2O3S. The minimum atomic E-state index is -4.03. The Bertz CT molecular complexity index is 1210. The van der Waals surface area contributed by atoms with Crippen LogP contribution < -0.4 is 9.62 Å². The van der Waals surface area contributed by atoms with Crippen molar-refractivity contribution in [3.63, 3.8) is 0 Å². The maximum absolute atomic E-state index is 13.4. The number of nitrogens with zero attached hydrogens (tertiary/aromatic N) is 1. The first-order chi connectivity index (χ1) is 15.1. The van der Waals surface area contributed by atoms with Crippen molar-refractivity contribution in [3.8, 4) is 0 Å². The molecule has 1 N–H and O–H groups in total. The zero-order chi connectivity index (χ0) is 23.5. The summed E-state index contributed by atoms with van der Waals surface area (Å²) in [7, 11) is -4.03. The monoisotopic (exact) mass is 454 g/mol. The molecule has 0 heterocycles. The summed E-state index contributed by atoms with van der Waals surface area (Å²) in [5.41, 5.74) is 4.52. The Morgan fingerprint density at radius 1 is 0.938 bits per heavy atom. The molecule has 7 heteroatoms. The van der Waals surface area contributed by atoms with Crippen LogP contribution in [0.3, 0.4) is 0 Å². The molecule has 0 aliphatic rings. The SMILES string of the molecule is Cc1cc(C)c([C@@H](C)NC(=O)CN(c2ccc(F)cc2)S(=O)(=O)c2ccccc2)cc1C. The Balaban J connectivity index is 1.89. The minimum absolute atomic E-state index is 0.0511. The second-order valence-corrected chi connectivity index (χ2v) is 9.75. The van der Waals surface area contributed by atoms with Gasteiger partial charge in [0.25, 0.3) is 10.0 Å². The van der Waals surface area contributed by atoms with Gasteiger partial charge in [0.2, 0.25) is 5.91 Å². The summed E-state index contributed by atoms with van der Waals surface area (Å²) in [6.07, 6.45) is 0. The highest BCUT2D eigenvalue weighted by Gasteiger charge is 2.27. The molecule has 3 rings (SSSR count). The predicted octanol–water partition coefficient (Wildman–Crippen LogP) is 4.82. The van der Waals surface area contributed by atoms with Gasteiger partial charge in [-0.25, -0.2) is 12.8 Å². The largest absolute Gasteiger partial charge is 0.348 e. The number of hydrogen-bond donors (Lipinski definition) is 1. The van der Waals surface area contributed by atoms with Crippen molar-refractivity contribution in [3.05, 3.63) is 94.8 Å². The van der Waals surface area contributed by atoms with Crippen molar-refractivity contribution < 1.29 is 17.6 Å². The van der Waals surface area contributed by atoms with Crippen LogP contribution in [0, 0.1) is 26.6 Å². The van der Waals surface area contributed by atoms with E-state index < -0.39 is 28.3 Å². The first kappa shape index (κ1) is 23.5. The normalized spacial score (nSPS) is 12.3. The lowest BCUT2D eigenvalue weighted by molar-refractivity contribution is -0.120. The highest BCUT2D eigenvalue weighted by Crippen LogP contribution is 2.25. The maximum Gasteiger partial charge on any atom is 0.264 e. The number of rotatable bonds is 7. The average molecular weight is 455 g/mol. The molecule has 0 saturated carbocycles. The van der Waals surface area contributed by atoms with E-state index in [2.05, 4.69) is 11.4 Å². The van der Waals surface area contributed by atoms with Gasteiger partial charge in [-0.15, -0.1) is 0 Å². The second kappa shape index (κ2) is 9.53. The van der Waals surface area contributed by atoms with Crippen LogP contribution in [0.1, 0.15) is 35.2 Å². The summed E-state index contributed by atoms with van der Waals surface area (Å²) in [5.74, 6) is -0.951. The maximum atomic E-state index is 13.4. The molecule has 5 nitrogen and oxygen atoms in total. The van der Waals surface area contributed by atoms with E-state index in [0.717, 1.165) is 21.0 Å². The molecule has 0 fully saturated rings. The van der Waals surface area contributed by atoms with Gasteiger partial charge in [0.15, 0.2) is 0 Å². The third-order valence-electron chi connectivity index (χ3n) is 5.46. The number of aryl methyl sites for hydroxylation is 3.